The van der Waals surface area contributed by atoms with Crippen LogP contribution in [0.15, 0.2) is 30.3 Å². The molecule has 0 aliphatic heterocycles. The first-order chi connectivity index (χ1) is 9.49. The molecule has 0 saturated carbocycles. The topological polar surface area (TPSA) is 95.5 Å². The summed E-state index contributed by atoms with van der Waals surface area (Å²) >= 11 is 3.25. The summed E-state index contributed by atoms with van der Waals surface area (Å²) in [7, 11) is 0. The van der Waals surface area contributed by atoms with Gasteiger partial charge in [-0.25, -0.2) is 0 Å². The number of hydrogen-bond acceptors (Lipinski definition) is 3. The number of aliphatic carboxylic acids is 1. The maximum absolute atomic E-state index is 11.7. The third-order valence-electron chi connectivity index (χ3n) is 2.40. The monoisotopic (exact) mass is 342 g/mol. The Morgan fingerprint density at radius 1 is 1.10 bits per heavy atom. The first-order valence-electron chi connectivity index (χ1n) is 5.93. The summed E-state index contributed by atoms with van der Waals surface area (Å²) < 4.78 is 0. The fourth-order valence-corrected chi connectivity index (χ4v) is 1.96. The van der Waals surface area contributed by atoms with E-state index in [-0.39, 0.29) is 12.5 Å². The SMILES string of the molecule is O=C(O)CNC(=O)CNC(=O)[C@@H](Br)Cc1ccccc1. The van der Waals surface area contributed by atoms with Crippen LogP contribution in [0.2, 0.25) is 0 Å². The highest BCUT2D eigenvalue weighted by Crippen LogP contribution is 2.09. The number of benzene rings is 1. The summed E-state index contributed by atoms with van der Waals surface area (Å²) in [6.07, 6.45) is 0.503. The van der Waals surface area contributed by atoms with Crippen molar-refractivity contribution in [1.29, 1.82) is 0 Å². The fraction of sp³-hybridized carbons (Fsp3) is 0.308. The summed E-state index contributed by atoms with van der Waals surface area (Å²) in [6, 6.07) is 9.46. The molecule has 0 saturated heterocycles. The minimum absolute atomic E-state index is 0.247. The standard InChI is InChI=1S/C13H15BrN2O4/c14-10(6-9-4-2-1-3-5-9)13(20)16-7-11(17)15-8-12(18)19/h1-5,10H,6-8H2,(H,15,17)(H,16,20)(H,18,19)/t10-/m0/s1. The molecule has 3 N–H and O–H groups in total. The Bertz CT molecular complexity index is 479. The van der Waals surface area contributed by atoms with E-state index in [1.54, 1.807) is 0 Å². The van der Waals surface area contributed by atoms with Gasteiger partial charge in [0.1, 0.15) is 6.54 Å². The molecule has 0 aliphatic rings. The smallest absolute Gasteiger partial charge is 0.322 e. The molecule has 20 heavy (non-hydrogen) atoms. The lowest BCUT2D eigenvalue weighted by Crippen LogP contribution is -2.41. The van der Waals surface area contributed by atoms with Crippen LogP contribution in [0, 0.1) is 0 Å². The summed E-state index contributed by atoms with van der Waals surface area (Å²) in [4.78, 5) is 32.8. The molecular weight excluding hydrogens is 328 g/mol. The van der Waals surface area contributed by atoms with Crippen LogP contribution < -0.4 is 10.6 Å². The van der Waals surface area contributed by atoms with Crippen LogP contribution in [0.5, 0.6) is 0 Å². The molecule has 1 aromatic carbocycles. The third kappa shape index (κ3) is 6.33. The highest BCUT2D eigenvalue weighted by molar-refractivity contribution is 9.10. The number of alkyl halides is 1. The van der Waals surface area contributed by atoms with Crippen LogP contribution in [0.4, 0.5) is 0 Å². The summed E-state index contributed by atoms with van der Waals surface area (Å²) in [5, 5.41) is 13.0. The van der Waals surface area contributed by atoms with Crippen molar-refractivity contribution in [2.75, 3.05) is 13.1 Å². The van der Waals surface area contributed by atoms with Gasteiger partial charge in [0.25, 0.3) is 0 Å². The predicted octanol–water partition coefficient (Wildman–Crippen LogP) is 0.310. The van der Waals surface area contributed by atoms with Crippen molar-refractivity contribution < 1.29 is 19.5 Å². The molecular formula is C13H15BrN2O4. The fourth-order valence-electron chi connectivity index (χ4n) is 1.43. The van der Waals surface area contributed by atoms with Crippen LogP contribution in [0.1, 0.15) is 5.56 Å². The van der Waals surface area contributed by atoms with Crippen molar-refractivity contribution in [1.82, 2.24) is 10.6 Å². The van der Waals surface area contributed by atoms with Crippen LogP contribution in [0.3, 0.4) is 0 Å². The van der Waals surface area contributed by atoms with E-state index in [0.717, 1.165) is 5.56 Å². The molecule has 2 amide bonds. The zero-order valence-electron chi connectivity index (χ0n) is 10.6. The van der Waals surface area contributed by atoms with E-state index < -0.39 is 23.2 Å². The number of amides is 2. The number of rotatable bonds is 7. The second-order valence-electron chi connectivity index (χ2n) is 4.05. The number of carboxylic acids is 1. The van der Waals surface area contributed by atoms with Crippen molar-refractivity contribution in [3.05, 3.63) is 35.9 Å². The van der Waals surface area contributed by atoms with E-state index >= 15 is 0 Å². The molecule has 1 aromatic rings. The van der Waals surface area contributed by atoms with Crippen LogP contribution in [-0.2, 0) is 20.8 Å². The zero-order valence-corrected chi connectivity index (χ0v) is 12.2. The maximum atomic E-state index is 11.7. The normalized spacial score (nSPS) is 11.4. The van der Waals surface area contributed by atoms with Gasteiger partial charge in [-0.1, -0.05) is 46.3 Å². The van der Waals surface area contributed by atoms with E-state index in [9.17, 15) is 14.4 Å². The van der Waals surface area contributed by atoms with Crippen molar-refractivity contribution in [3.8, 4) is 0 Å². The number of carbonyl (C=O) groups is 3. The van der Waals surface area contributed by atoms with Gasteiger partial charge in [0.2, 0.25) is 11.8 Å². The third-order valence-corrected chi connectivity index (χ3v) is 3.14. The molecule has 1 atom stereocenters. The van der Waals surface area contributed by atoms with Crippen LogP contribution in [0.25, 0.3) is 0 Å². The highest BCUT2D eigenvalue weighted by atomic mass is 79.9. The predicted molar refractivity (Wildman–Crippen MR) is 76.5 cm³/mol. The van der Waals surface area contributed by atoms with Gasteiger partial charge in [0, 0.05) is 0 Å². The van der Waals surface area contributed by atoms with Gasteiger partial charge in [-0.15, -0.1) is 0 Å². The van der Waals surface area contributed by atoms with Gasteiger partial charge in [-0.05, 0) is 12.0 Å². The van der Waals surface area contributed by atoms with Crippen molar-refractivity contribution >= 4 is 33.7 Å². The second kappa shape index (κ2) is 8.31. The molecule has 0 bridgehead atoms. The molecule has 6 nitrogen and oxygen atoms in total. The molecule has 0 spiro atoms. The molecule has 0 fully saturated rings. The number of nitrogens with one attached hydrogen (secondary N) is 2. The van der Waals surface area contributed by atoms with Crippen LogP contribution in [-0.4, -0.2) is 40.8 Å². The quantitative estimate of drug-likeness (QED) is 0.621. The molecule has 0 radical (unpaired) electrons. The lowest BCUT2D eigenvalue weighted by molar-refractivity contribution is -0.137. The highest BCUT2D eigenvalue weighted by Gasteiger charge is 2.16. The first kappa shape index (κ1) is 16.2. The number of carboxylic acid groups (broad SMARTS) is 1. The average Bonchev–Trinajstić information content (AvgIpc) is 2.43. The van der Waals surface area contributed by atoms with E-state index in [2.05, 4.69) is 26.6 Å². The zero-order chi connectivity index (χ0) is 15.0. The Balaban J connectivity index is 2.31. The van der Waals surface area contributed by atoms with E-state index in [1.807, 2.05) is 30.3 Å². The second-order valence-corrected chi connectivity index (χ2v) is 5.15. The van der Waals surface area contributed by atoms with Gasteiger partial charge in [-0.2, -0.15) is 0 Å². The van der Waals surface area contributed by atoms with Gasteiger partial charge in [-0.3, -0.25) is 14.4 Å². The Labute approximate surface area is 124 Å². The van der Waals surface area contributed by atoms with Gasteiger partial charge >= 0.3 is 5.97 Å². The van der Waals surface area contributed by atoms with Gasteiger partial charge < -0.3 is 15.7 Å². The molecule has 0 heterocycles. The summed E-state index contributed by atoms with van der Waals surface area (Å²) in [6.45, 7) is -0.709. The number of carbonyl (C=O) groups excluding carboxylic acids is 2. The Hall–Kier alpha value is -1.89. The lowest BCUT2D eigenvalue weighted by Gasteiger charge is -2.10. The molecule has 108 valence electrons. The maximum Gasteiger partial charge on any atom is 0.322 e. The lowest BCUT2D eigenvalue weighted by atomic mass is 10.1. The van der Waals surface area contributed by atoms with Gasteiger partial charge in [0.15, 0.2) is 0 Å². The molecule has 0 aromatic heterocycles. The minimum atomic E-state index is -1.13. The molecule has 7 heteroatoms. The van der Waals surface area contributed by atoms with Crippen LogP contribution >= 0.6 is 15.9 Å². The summed E-state index contributed by atoms with van der Waals surface area (Å²) in [5.74, 6) is -1.99. The Morgan fingerprint density at radius 3 is 2.35 bits per heavy atom. The first-order valence-corrected chi connectivity index (χ1v) is 6.85. The van der Waals surface area contributed by atoms with Crippen molar-refractivity contribution in [2.24, 2.45) is 0 Å². The number of hydrogen-bond donors (Lipinski definition) is 3. The summed E-state index contributed by atoms with van der Waals surface area (Å²) in [5.41, 5.74) is 1.000. The molecule has 0 aliphatic carbocycles. The van der Waals surface area contributed by atoms with E-state index in [0.29, 0.717) is 6.42 Å². The Morgan fingerprint density at radius 2 is 1.75 bits per heavy atom. The minimum Gasteiger partial charge on any atom is -0.480 e. The molecule has 0 unspecified atom stereocenters. The van der Waals surface area contributed by atoms with E-state index in [1.165, 1.54) is 0 Å². The number of halogens is 1. The van der Waals surface area contributed by atoms with Crippen molar-refractivity contribution in [3.63, 3.8) is 0 Å². The Kier molecular flexibility index (Phi) is 6.72. The van der Waals surface area contributed by atoms with Gasteiger partial charge in [0.05, 0.1) is 11.4 Å². The van der Waals surface area contributed by atoms with Crippen molar-refractivity contribution in [2.45, 2.75) is 11.2 Å². The largest absolute Gasteiger partial charge is 0.480 e. The average molecular weight is 343 g/mol. The van der Waals surface area contributed by atoms with E-state index in [4.69, 9.17) is 5.11 Å². The molecule has 1 rings (SSSR count).